The topological polar surface area (TPSA) is 38.5 Å². The SMILES string of the molecule is COc1ccc(CN(C)c2ccc(N)c(F)c2)cc1. The summed E-state index contributed by atoms with van der Waals surface area (Å²) in [5, 5.41) is 0. The molecule has 3 nitrogen and oxygen atoms in total. The fraction of sp³-hybridized carbons (Fsp3) is 0.200. The van der Waals surface area contributed by atoms with Crippen molar-refractivity contribution in [2.24, 2.45) is 0 Å². The Kier molecular flexibility index (Phi) is 3.90. The standard InChI is InChI=1S/C15H17FN2O/c1-18(12-5-8-15(17)14(16)9-12)10-11-3-6-13(19-2)7-4-11/h3-9H,10,17H2,1-2H3. The van der Waals surface area contributed by atoms with Gasteiger partial charge in [-0.3, -0.25) is 0 Å². The first-order valence-corrected chi connectivity index (χ1v) is 5.99. The monoisotopic (exact) mass is 260 g/mol. The van der Waals surface area contributed by atoms with Crippen molar-refractivity contribution < 1.29 is 9.13 Å². The van der Waals surface area contributed by atoms with Gasteiger partial charge in [0.1, 0.15) is 11.6 Å². The Bertz CT molecular complexity index is 555. The Balaban J connectivity index is 2.10. The van der Waals surface area contributed by atoms with Crippen LogP contribution in [0.4, 0.5) is 15.8 Å². The number of hydrogen-bond donors (Lipinski definition) is 1. The van der Waals surface area contributed by atoms with Gasteiger partial charge in [-0.05, 0) is 35.9 Å². The van der Waals surface area contributed by atoms with Gasteiger partial charge in [0.15, 0.2) is 0 Å². The van der Waals surface area contributed by atoms with Gasteiger partial charge in [-0.15, -0.1) is 0 Å². The highest BCUT2D eigenvalue weighted by Gasteiger charge is 2.05. The lowest BCUT2D eigenvalue weighted by Crippen LogP contribution is -2.16. The van der Waals surface area contributed by atoms with Crippen LogP contribution in [0.25, 0.3) is 0 Å². The minimum Gasteiger partial charge on any atom is -0.497 e. The van der Waals surface area contributed by atoms with Crippen LogP contribution in [0, 0.1) is 5.82 Å². The van der Waals surface area contributed by atoms with E-state index in [2.05, 4.69) is 0 Å². The number of nitrogen functional groups attached to an aromatic ring is 1. The van der Waals surface area contributed by atoms with Crippen molar-refractivity contribution in [3.63, 3.8) is 0 Å². The fourth-order valence-electron chi connectivity index (χ4n) is 1.85. The van der Waals surface area contributed by atoms with Crippen molar-refractivity contribution >= 4 is 11.4 Å². The minimum atomic E-state index is -0.390. The molecule has 0 aliphatic rings. The molecule has 0 bridgehead atoms. The Morgan fingerprint density at radius 1 is 1.16 bits per heavy atom. The third kappa shape index (κ3) is 3.16. The summed E-state index contributed by atoms with van der Waals surface area (Å²) in [6.07, 6.45) is 0. The van der Waals surface area contributed by atoms with Gasteiger partial charge >= 0.3 is 0 Å². The fourth-order valence-corrected chi connectivity index (χ4v) is 1.85. The summed E-state index contributed by atoms with van der Waals surface area (Å²) >= 11 is 0. The quantitative estimate of drug-likeness (QED) is 0.859. The number of hydrogen-bond acceptors (Lipinski definition) is 3. The number of nitrogens with zero attached hydrogens (tertiary/aromatic N) is 1. The van der Waals surface area contributed by atoms with Crippen molar-refractivity contribution in [1.82, 2.24) is 0 Å². The molecule has 2 rings (SSSR count). The molecular weight excluding hydrogens is 243 g/mol. The molecule has 0 aromatic heterocycles. The highest BCUT2D eigenvalue weighted by molar-refractivity contribution is 5.54. The number of nitrogens with two attached hydrogens (primary N) is 1. The van der Waals surface area contributed by atoms with Crippen LogP contribution in [0.2, 0.25) is 0 Å². The summed E-state index contributed by atoms with van der Waals surface area (Å²) in [6, 6.07) is 12.6. The maximum absolute atomic E-state index is 13.4. The normalized spacial score (nSPS) is 10.3. The lowest BCUT2D eigenvalue weighted by atomic mass is 10.2. The van der Waals surface area contributed by atoms with Gasteiger partial charge in [0.2, 0.25) is 0 Å². The van der Waals surface area contributed by atoms with Crippen LogP contribution in [-0.2, 0) is 6.54 Å². The number of halogens is 1. The second-order valence-corrected chi connectivity index (χ2v) is 4.41. The highest BCUT2D eigenvalue weighted by atomic mass is 19.1. The molecule has 4 heteroatoms. The second-order valence-electron chi connectivity index (χ2n) is 4.41. The van der Waals surface area contributed by atoms with E-state index in [1.54, 1.807) is 13.2 Å². The number of methoxy groups -OCH3 is 1. The Morgan fingerprint density at radius 2 is 1.84 bits per heavy atom. The zero-order chi connectivity index (χ0) is 13.8. The third-order valence-electron chi connectivity index (χ3n) is 3.00. The first kappa shape index (κ1) is 13.2. The van der Waals surface area contributed by atoms with Crippen molar-refractivity contribution in [3.8, 4) is 5.75 Å². The summed E-state index contributed by atoms with van der Waals surface area (Å²) in [5.74, 6) is 0.434. The summed E-state index contributed by atoms with van der Waals surface area (Å²) < 4.78 is 18.5. The van der Waals surface area contributed by atoms with E-state index in [-0.39, 0.29) is 11.5 Å². The zero-order valence-electron chi connectivity index (χ0n) is 11.1. The number of rotatable bonds is 4. The maximum atomic E-state index is 13.4. The molecule has 19 heavy (non-hydrogen) atoms. The first-order chi connectivity index (χ1) is 9.10. The molecule has 0 fully saturated rings. The van der Waals surface area contributed by atoms with Crippen LogP contribution in [0.5, 0.6) is 5.75 Å². The predicted molar refractivity (Wildman–Crippen MR) is 75.9 cm³/mol. The predicted octanol–water partition coefficient (Wildman–Crippen LogP) is 3.05. The van der Waals surface area contributed by atoms with Crippen LogP contribution < -0.4 is 15.4 Å². The average molecular weight is 260 g/mol. The lowest BCUT2D eigenvalue weighted by molar-refractivity contribution is 0.414. The minimum absolute atomic E-state index is 0.168. The molecule has 0 saturated carbocycles. The van der Waals surface area contributed by atoms with E-state index < -0.39 is 0 Å². The van der Waals surface area contributed by atoms with E-state index in [0.29, 0.717) is 6.54 Å². The maximum Gasteiger partial charge on any atom is 0.148 e. The van der Waals surface area contributed by atoms with Gasteiger partial charge in [0, 0.05) is 19.3 Å². The summed E-state index contributed by atoms with van der Waals surface area (Å²) in [5.41, 5.74) is 7.55. The molecule has 0 atom stereocenters. The van der Waals surface area contributed by atoms with Crippen molar-refractivity contribution in [2.75, 3.05) is 24.8 Å². The molecule has 2 N–H and O–H groups in total. The van der Waals surface area contributed by atoms with Gasteiger partial charge in [0.25, 0.3) is 0 Å². The molecule has 0 aliphatic heterocycles. The van der Waals surface area contributed by atoms with Crippen molar-refractivity contribution in [1.29, 1.82) is 0 Å². The van der Waals surface area contributed by atoms with E-state index in [1.165, 1.54) is 6.07 Å². The Morgan fingerprint density at radius 3 is 2.42 bits per heavy atom. The zero-order valence-corrected chi connectivity index (χ0v) is 11.1. The molecule has 0 spiro atoms. The van der Waals surface area contributed by atoms with Crippen LogP contribution in [0.15, 0.2) is 42.5 Å². The second kappa shape index (κ2) is 5.61. The van der Waals surface area contributed by atoms with E-state index >= 15 is 0 Å². The first-order valence-electron chi connectivity index (χ1n) is 5.99. The summed E-state index contributed by atoms with van der Waals surface area (Å²) in [4.78, 5) is 1.96. The van der Waals surface area contributed by atoms with E-state index in [4.69, 9.17) is 10.5 Å². The van der Waals surface area contributed by atoms with Crippen LogP contribution in [0.1, 0.15) is 5.56 Å². The average Bonchev–Trinajstić information content (AvgIpc) is 2.42. The largest absolute Gasteiger partial charge is 0.497 e. The molecule has 100 valence electrons. The molecule has 0 saturated heterocycles. The molecule has 0 radical (unpaired) electrons. The summed E-state index contributed by atoms with van der Waals surface area (Å²) in [7, 11) is 3.55. The van der Waals surface area contributed by atoms with E-state index in [0.717, 1.165) is 17.0 Å². The molecule has 0 aliphatic carbocycles. The molecular formula is C15H17FN2O. The Hall–Kier alpha value is -2.23. The molecule has 2 aromatic rings. The van der Waals surface area contributed by atoms with Gasteiger partial charge in [-0.2, -0.15) is 0 Å². The molecule has 0 amide bonds. The van der Waals surface area contributed by atoms with Crippen LogP contribution >= 0.6 is 0 Å². The Labute approximate surface area is 112 Å². The number of anilines is 2. The van der Waals surface area contributed by atoms with Crippen LogP contribution in [0.3, 0.4) is 0 Å². The van der Waals surface area contributed by atoms with E-state index in [1.807, 2.05) is 42.3 Å². The lowest BCUT2D eigenvalue weighted by Gasteiger charge is -2.20. The summed E-state index contributed by atoms with van der Waals surface area (Å²) in [6.45, 7) is 0.688. The third-order valence-corrected chi connectivity index (χ3v) is 3.00. The molecule has 0 heterocycles. The smallest absolute Gasteiger partial charge is 0.148 e. The van der Waals surface area contributed by atoms with Crippen LogP contribution in [-0.4, -0.2) is 14.2 Å². The van der Waals surface area contributed by atoms with Gasteiger partial charge in [-0.25, -0.2) is 4.39 Å². The van der Waals surface area contributed by atoms with Gasteiger partial charge in [0.05, 0.1) is 12.8 Å². The molecule has 2 aromatic carbocycles. The van der Waals surface area contributed by atoms with Gasteiger partial charge < -0.3 is 15.4 Å². The highest BCUT2D eigenvalue weighted by Crippen LogP contribution is 2.21. The number of benzene rings is 2. The van der Waals surface area contributed by atoms with Crippen molar-refractivity contribution in [2.45, 2.75) is 6.54 Å². The number of ether oxygens (including phenoxy) is 1. The molecule has 0 unspecified atom stereocenters. The van der Waals surface area contributed by atoms with E-state index in [9.17, 15) is 4.39 Å². The van der Waals surface area contributed by atoms with Gasteiger partial charge in [-0.1, -0.05) is 12.1 Å². The van der Waals surface area contributed by atoms with Crippen molar-refractivity contribution in [3.05, 3.63) is 53.8 Å².